The molecule has 7 heteroatoms. The van der Waals surface area contributed by atoms with Crippen molar-refractivity contribution in [2.45, 2.75) is 32.0 Å². The molecule has 2 aromatic rings. The number of hydrogen-bond donors (Lipinski definition) is 2. The summed E-state index contributed by atoms with van der Waals surface area (Å²) in [6.45, 7) is 1.87. The fourth-order valence-electron chi connectivity index (χ4n) is 2.60. The van der Waals surface area contributed by atoms with Gasteiger partial charge in [-0.2, -0.15) is 0 Å². The van der Waals surface area contributed by atoms with Crippen LogP contribution < -0.4 is 11.1 Å². The Morgan fingerprint density at radius 3 is 2.91 bits per heavy atom. The summed E-state index contributed by atoms with van der Waals surface area (Å²) in [5.41, 5.74) is 7.19. The van der Waals surface area contributed by atoms with Crippen LogP contribution in [-0.2, 0) is 17.8 Å². The number of nitrogen functional groups attached to an aromatic ring is 1. The van der Waals surface area contributed by atoms with Gasteiger partial charge in [0.1, 0.15) is 10.7 Å². The lowest BCUT2D eigenvalue weighted by Gasteiger charge is -2.12. The molecule has 1 fully saturated rings. The molecule has 1 saturated heterocycles. The van der Waals surface area contributed by atoms with Gasteiger partial charge in [0, 0.05) is 13.2 Å². The minimum Gasteiger partial charge on any atom is -0.384 e. The summed E-state index contributed by atoms with van der Waals surface area (Å²) in [6.07, 6.45) is 2.21. The fourth-order valence-corrected chi connectivity index (χ4v) is 3.86. The number of carbonyl (C=O) groups is 1. The summed E-state index contributed by atoms with van der Waals surface area (Å²) in [5, 5.41) is 2.89. The van der Waals surface area contributed by atoms with E-state index in [1.807, 2.05) is 34.9 Å². The van der Waals surface area contributed by atoms with E-state index < -0.39 is 0 Å². The van der Waals surface area contributed by atoms with Gasteiger partial charge >= 0.3 is 0 Å². The molecule has 122 valence electrons. The van der Waals surface area contributed by atoms with Gasteiger partial charge in [-0.05, 0) is 30.6 Å². The molecule has 1 aromatic carbocycles. The highest BCUT2D eigenvalue weighted by Crippen LogP contribution is 2.24. The van der Waals surface area contributed by atoms with E-state index in [2.05, 4.69) is 5.32 Å². The molecule has 1 amide bonds. The first-order valence-electron chi connectivity index (χ1n) is 7.58. The Kier molecular flexibility index (Phi) is 5.09. The molecule has 0 radical (unpaired) electrons. The van der Waals surface area contributed by atoms with Crippen LogP contribution >= 0.6 is 23.6 Å². The van der Waals surface area contributed by atoms with E-state index in [1.165, 1.54) is 11.3 Å². The van der Waals surface area contributed by atoms with Crippen LogP contribution in [0.5, 0.6) is 0 Å². The first-order chi connectivity index (χ1) is 11.1. The number of hydrogen-bond acceptors (Lipinski definition) is 5. The predicted octanol–water partition coefficient (Wildman–Crippen LogP) is 2.97. The van der Waals surface area contributed by atoms with E-state index in [4.69, 9.17) is 22.7 Å². The van der Waals surface area contributed by atoms with Gasteiger partial charge in [0.15, 0.2) is 3.95 Å². The number of amides is 1. The van der Waals surface area contributed by atoms with Crippen LogP contribution in [0, 0.1) is 3.95 Å². The topological polar surface area (TPSA) is 69.3 Å². The molecular weight excluding hydrogens is 330 g/mol. The summed E-state index contributed by atoms with van der Waals surface area (Å²) in [5.74, 6) is 0.245. The Balaban J connectivity index is 1.69. The number of anilines is 1. The molecule has 0 spiro atoms. The lowest BCUT2D eigenvalue weighted by Crippen LogP contribution is -2.23. The highest BCUT2D eigenvalue weighted by Gasteiger charge is 2.21. The molecule has 1 aliphatic heterocycles. The van der Waals surface area contributed by atoms with Crippen LogP contribution in [0.1, 0.15) is 28.1 Å². The van der Waals surface area contributed by atoms with Gasteiger partial charge in [-0.3, -0.25) is 4.79 Å². The summed E-state index contributed by atoms with van der Waals surface area (Å²) >= 11 is 6.61. The maximum atomic E-state index is 12.4. The molecule has 0 unspecified atom stereocenters. The van der Waals surface area contributed by atoms with Gasteiger partial charge in [0.2, 0.25) is 0 Å². The molecule has 2 heterocycles. The zero-order valence-electron chi connectivity index (χ0n) is 12.7. The summed E-state index contributed by atoms with van der Waals surface area (Å²) in [4.78, 5) is 12.8. The number of thiazole rings is 1. The smallest absolute Gasteiger partial charge is 0.265 e. The zero-order valence-corrected chi connectivity index (χ0v) is 14.3. The molecule has 5 nitrogen and oxygen atoms in total. The van der Waals surface area contributed by atoms with Gasteiger partial charge in [0.05, 0.1) is 12.6 Å². The fraction of sp³-hybridized carbons (Fsp3) is 0.375. The lowest BCUT2D eigenvalue weighted by atomic mass is 10.2. The highest BCUT2D eigenvalue weighted by molar-refractivity contribution is 7.73. The van der Waals surface area contributed by atoms with Gasteiger partial charge in [-0.15, -0.1) is 0 Å². The van der Waals surface area contributed by atoms with E-state index in [9.17, 15) is 4.79 Å². The van der Waals surface area contributed by atoms with Crippen molar-refractivity contribution >= 4 is 35.3 Å². The van der Waals surface area contributed by atoms with Crippen molar-refractivity contribution in [1.29, 1.82) is 0 Å². The molecule has 1 aliphatic rings. The third kappa shape index (κ3) is 3.80. The van der Waals surface area contributed by atoms with Gasteiger partial charge < -0.3 is 20.4 Å². The summed E-state index contributed by atoms with van der Waals surface area (Å²) in [7, 11) is 0. The second kappa shape index (κ2) is 7.25. The minimum absolute atomic E-state index is 0.138. The van der Waals surface area contributed by atoms with Gasteiger partial charge in [-0.25, -0.2) is 0 Å². The van der Waals surface area contributed by atoms with Gasteiger partial charge in [-0.1, -0.05) is 41.7 Å². The van der Waals surface area contributed by atoms with Crippen molar-refractivity contribution in [3.63, 3.8) is 0 Å². The normalized spacial score (nSPS) is 17.3. The van der Waals surface area contributed by atoms with Crippen LogP contribution in [0.15, 0.2) is 30.3 Å². The number of ether oxygens (including phenoxy) is 1. The Morgan fingerprint density at radius 2 is 2.22 bits per heavy atom. The third-order valence-electron chi connectivity index (χ3n) is 3.85. The predicted molar refractivity (Wildman–Crippen MR) is 94.1 cm³/mol. The molecule has 0 aliphatic carbocycles. The molecule has 23 heavy (non-hydrogen) atoms. The number of benzene rings is 1. The quantitative estimate of drug-likeness (QED) is 0.814. The minimum atomic E-state index is -0.187. The van der Waals surface area contributed by atoms with Crippen molar-refractivity contribution in [2.24, 2.45) is 0 Å². The molecule has 3 N–H and O–H groups in total. The Bertz CT molecular complexity index is 734. The third-order valence-corrected chi connectivity index (χ3v) is 5.31. The zero-order chi connectivity index (χ0) is 16.2. The molecule has 1 aromatic heterocycles. The number of nitrogens with one attached hydrogen (secondary N) is 1. The van der Waals surface area contributed by atoms with Crippen LogP contribution in [-0.4, -0.2) is 23.2 Å². The Morgan fingerprint density at radius 1 is 1.43 bits per heavy atom. The molecule has 1 atom stereocenters. The highest BCUT2D eigenvalue weighted by atomic mass is 32.1. The largest absolute Gasteiger partial charge is 0.384 e. The van der Waals surface area contributed by atoms with E-state index in [0.29, 0.717) is 27.7 Å². The Labute approximate surface area is 144 Å². The van der Waals surface area contributed by atoms with Crippen molar-refractivity contribution < 1.29 is 9.53 Å². The molecule has 3 rings (SSSR count). The second-order valence-electron chi connectivity index (χ2n) is 5.50. The number of nitrogens with two attached hydrogens (primary N) is 1. The summed E-state index contributed by atoms with van der Waals surface area (Å²) in [6, 6.07) is 9.76. The standard InChI is InChI=1S/C16H19N3O2S2/c17-14-13(15(20)18-9-11-5-2-1-3-6-11)23-16(22)19(14)10-12-7-4-8-21-12/h1-3,5-6,12H,4,7-10,17H2,(H,18,20)/t12-/m0/s1. The van der Waals surface area contributed by atoms with E-state index in [-0.39, 0.29) is 12.0 Å². The lowest BCUT2D eigenvalue weighted by molar-refractivity contribution is 0.0946. The molecule has 0 bridgehead atoms. The van der Waals surface area contributed by atoms with E-state index >= 15 is 0 Å². The number of aromatic nitrogens is 1. The van der Waals surface area contributed by atoms with Crippen molar-refractivity contribution in [3.8, 4) is 0 Å². The van der Waals surface area contributed by atoms with Crippen LogP contribution in [0.2, 0.25) is 0 Å². The number of carbonyl (C=O) groups excluding carboxylic acids is 1. The molecular formula is C16H19N3O2S2. The monoisotopic (exact) mass is 349 g/mol. The average Bonchev–Trinajstić information content (AvgIpc) is 3.17. The van der Waals surface area contributed by atoms with Crippen LogP contribution in [0.3, 0.4) is 0 Å². The Hall–Kier alpha value is -1.70. The van der Waals surface area contributed by atoms with E-state index in [1.54, 1.807) is 0 Å². The summed E-state index contributed by atoms with van der Waals surface area (Å²) < 4.78 is 8.05. The van der Waals surface area contributed by atoms with Crippen LogP contribution in [0.25, 0.3) is 0 Å². The van der Waals surface area contributed by atoms with Crippen molar-refractivity contribution in [3.05, 3.63) is 44.7 Å². The maximum absolute atomic E-state index is 12.4. The first-order valence-corrected chi connectivity index (χ1v) is 8.80. The van der Waals surface area contributed by atoms with Gasteiger partial charge in [0.25, 0.3) is 5.91 Å². The van der Waals surface area contributed by atoms with Crippen molar-refractivity contribution in [2.75, 3.05) is 12.3 Å². The number of rotatable bonds is 5. The first kappa shape index (κ1) is 16.2. The molecule has 0 saturated carbocycles. The van der Waals surface area contributed by atoms with Crippen LogP contribution in [0.4, 0.5) is 5.82 Å². The average molecular weight is 349 g/mol. The van der Waals surface area contributed by atoms with E-state index in [0.717, 1.165) is 25.0 Å². The SMILES string of the molecule is Nc1c(C(=O)NCc2ccccc2)sc(=S)n1C[C@@H]1CCCO1. The maximum Gasteiger partial charge on any atom is 0.265 e. The van der Waals surface area contributed by atoms with Crippen molar-refractivity contribution in [1.82, 2.24) is 9.88 Å². The number of nitrogens with zero attached hydrogens (tertiary/aromatic N) is 1. The second-order valence-corrected chi connectivity index (χ2v) is 7.14.